The first kappa shape index (κ1) is 20.4. The van der Waals surface area contributed by atoms with Gasteiger partial charge in [0.15, 0.2) is 0 Å². The van der Waals surface area contributed by atoms with Gasteiger partial charge in [-0.3, -0.25) is 9.59 Å². The Morgan fingerprint density at radius 1 is 1.27 bits per heavy atom. The number of rotatable bonds is 6. The molecule has 0 radical (unpaired) electrons. The summed E-state index contributed by atoms with van der Waals surface area (Å²) in [5.74, 6) is -0.402. The molecule has 5 nitrogen and oxygen atoms in total. The van der Waals surface area contributed by atoms with Crippen LogP contribution in [0.4, 0.5) is 5.69 Å². The van der Waals surface area contributed by atoms with Gasteiger partial charge in [0, 0.05) is 17.3 Å². The molecule has 0 saturated heterocycles. The monoisotopic (exact) mass is 466 g/mol. The van der Waals surface area contributed by atoms with E-state index in [9.17, 15) is 14.7 Å². The molecule has 1 aliphatic heterocycles. The summed E-state index contributed by atoms with van der Waals surface area (Å²) in [7, 11) is 0. The molecular formula is C22H24Cl2N2O3S. The molecule has 30 heavy (non-hydrogen) atoms. The molecule has 2 saturated carbocycles. The number of carbonyl (C=O) groups excluding carboxylic acids is 1. The van der Waals surface area contributed by atoms with Gasteiger partial charge < -0.3 is 15.7 Å². The summed E-state index contributed by atoms with van der Waals surface area (Å²) in [5, 5.41) is 16.9. The molecule has 2 heterocycles. The highest BCUT2D eigenvalue weighted by Gasteiger charge is 2.49. The molecule has 4 aliphatic rings. The average Bonchev–Trinajstić information content (AvgIpc) is 3.24. The summed E-state index contributed by atoms with van der Waals surface area (Å²) >= 11 is 13.7. The smallest absolute Gasteiger partial charge is 0.306 e. The highest BCUT2D eigenvalue weighted by molar-refractivity contribution is 7.17. The number of carboxylic acids is 1. The SMILES string of the molecule is O=C(N[C@@H]1CC2C=CC=CC2[C@H]1C(CC1CC1)C(=O)O)C1Cc2sc(Cl)c(Cl)c2N1. The summed E-state index contributed by atoms with van der Waals surface area (Å²) < 4.78 is 0.538. The molecule has 2 fully saturated rings. The molecule has 4 unspecified atom stereocenters. The van der Waals surface area contributed by atoms with Crippen molar-refractivity contribution in [3.05, 3.63) is 38.5 Å². The van der Waals surface area contributed by atoms with E-state index < -0.39 is 17.9 Å². The number of hydrogen-bond acceptors (Lipinski definition) is 4. The number of amides is 1. The minimum Gasteiger partial charge on any atom is -0.481 e. The van der Waals surface area contributed by atoms with Gasteiger partial charge in [-0.1, -0.05) is 60.3 Å². The second-order valence-electron chi connectivity index (χ2n) is 8.95. The maximum Gasteiger partial charge on any atom is 0.306 e. The third kappa shape index (κ3) is 3.67. The normalized spacial score (nSPS) is 32.4. The zero-order chi connectivity index (χ0) is 21.0. The first-order valence-corrected chi connectivity index (χ1v) is 12.1. The van der Waals surface area contributed by atoms with Crippen LogP contribution in [0.15, 0.2) is 24.3 Å². The average molecular weight is 467 g/mol. The largest absolute Gasteiger partial charge is 0.481 e. The van der Waals surface area contributed by atoms with Crippen LogP contribution in [-0.2, 0) is 16.0 Å². The van der Waals surface area contributed by atoms with E-state index >= 15 is 0 Å². The van der Waals surface area contributed by atoms with Crippen LogP contribution in [0.25, 0.3) is 0 Å². The summed E-state index contributed by atoms with van der Waals surface area (Å²) in [6.07, 6.45) is 12.6. The number of carboxylic acid groups (broad SMARTS) is 1. The van der Waals surface area contributed by atoms with Crippen molar-refractivity contribution in [3.63, 3.8) is 0 Å². The molecule has 0 bridgehead atoms. The molecule has 1 aromatic rings. The van der Waals surface area contributed by atoms with Crippen LogP contribution in [0.3, 0.4) is 0 Å². The lowest BCUT2D eigenvalue weighted by atomic mass is 9.76. The number of nitrogens with one attached hydrogen (secondary N) is 2. The van der Waals surface area contributed by atoms with Crippen molar-refractivity contribution in [2.24, 2.45) is 29.6 Å². The van der Waals surface area contributed by atoms with E-state index in [0.29, 0.717) is 28.1 Å². The summed E-state index contributed by atoms with van der Waals surface area (Å²) in [5.41, 5.74) is 0.756. The predicted molar refractivity (Wildman–Crippen MR) is 119 cm³/mol. The molecular weight excluding hydrogens is 443 g/mol. The van der Waals surface area contributed by atoms with Crippen molar-refractivity contribution in [2.75, 3.05) is 5.32 Å². The van der Waals surface area contributed by atoms with Crippen molar-refractivity contribution in [1.82, 2.24) is 5.32 Å². The number of anilines is 1. The van der Waals surface area contributed by atoms with Gasteiger partial charge in [0.1, 0.15) is 10.4 Å². The minimum atomic E-state index is -0.739. The van der Waals surface area contributed by atoms with Gasteiger partial charge >= 0.3 is 5.97 Å². The van der Waals surface area contributed by atoms with E-state index in [2.05, 4.69) is 22.8 Å². The third-order valence-electron chi connectivity index (χ3n) is 7.03. The quantitative estimate of drug-likeness (QED) is 0.564. The molecule has 8 heteroatoms. The van der Waals surface area contributed by atoms with Gasteiger partial charge in [-0.25, -0.2) is 0 Å². The van der Waals surface area contributed by atoms with E-state index in [0.717, 1.165) is 29.8 Å². The second kappa shape index (κ2) is 7.88. The van der Waals surface area contributed by atoms with Crippen LogP contribution in [-0.4, -0.2) is 29.1 Å². The number of halogens is 2. The van der Waals surface area contributed by atoms with Crippen LogP contribution in [0.2, 0.25) is 9.36 Å². The number of allylic oxidation sites excluding steroid dienone is 4. The van der Waals surface area contributed by atoms with Crippen LogP contribution in [0.5, 0.6) is 0 Å². The fourth-order valence-electron chi connectivity index (χ4n) is 5.44. The lowest BCUT2D eigenvalue weighted by molar-refractivity contribution is -0.145. The van der Waals surface area contributed by atoms with Crippen molar-refractivity contribution < 1.29 is 14.7 Å². The van der Waals surface area contributed by atoms with Crippen LogP contribution in [0.1, 0.15) is 30.6 Å². The minimum absolute atomic E-state index is 0.0910. The van der Waals surface area contributed by atoms with Gasteiger partial charge in [-0.05, 0) is 36.5 Å². The predicted octanol–water partition coefficient (Wildman–Crippen LogP) is 4.76. The summed E-state index contributed by atoms with van der Waals surface area (Å²) in [6, 6.07) is -0.554. The zero-order valence-corrected chi connectivity index (χ0v) is 18.6. The van der Waals surface area contributed by atoms with E-state index in [4.69, 9.17) is 23.2 Å². The zero-order valence-electron chi connectivity index (χ0n) is 16.3. The molecule has 3 aliphatic carbocycles. The molecule has 5 rings (SSSR count). The summed E-state index contributed by atoms with van der Waals surface area (Å²) in [6.45, 7) is 0. The molecule has 1 aromatic heterocycles. The van der Waals surface area contributed by atoms with Crippen molar-refractivity contribution in [1.29, 1.82) is 0 Å². The Hall–Kier alpha value is -1.50. The van der Waals surface area contributed by atoms with E-state index in [1.54, 1.807) is 0 Å². The van der Waals surface area contributed by atoms with Gasteiger partial charge in [0.2, 0.25) is 5.91 Å². The Bertz CT molecular complexity index is 939. The Morgan fingerprint density at radius 2 is 2.03 bits per heavy atom. The summed E-state index contributed by atoms with van der Waals surface area (Å²) in [4.78, 5) is 26.3. The Labute approximate surface area is 189 Å². The highest BCUT2D eigenvalue weighted by atomic mass is 35.5. The van der Waals surface area contributed by atoms with Crippen molar-refractivity contribution in [2.45, 2.75) is 44.2 Å². The first-order chi connectivity index (χ1) is 14.4. The number of thiophene rings is 1. The molecule has 6 atom stereocenters. The lowest BCUT2D eigenvalue weighted by Gasteiger charge is -2.31. The third-order valence-corrected chi connectivity index (χ3v) is 9.04. The Kier molecular flexibility index (Phi) is 5.36. The molecule has 3 N–H and O–H groups in total. The van der Waals surface area contributed by atoms with Crippen molar-refractivity contribution in [3.8, 4) is 0 Å². The lowest BCUT2D eigenvalue weighted by Crippen LogP contribution is -2.48. The van der Waals surface area contributed by atoms with Crippen LogP contribution in [0, 0.1) is 29.6 Å². The van der Waals surface area contributed by atoms with Gasteiger partial charge in [-0.2, -0.15) is 0 Å². The molecule has 160 valence electrons. The van der Waals surface area contributed by atoms with Gasteiger partial charge in [-0.15, -0.1) is 11.3 Å². The number of hydrogen-bond donors (Lipinski definition) is 3. The fourth-order valence-corrected chi connectivity index (χ4v) is 7.08. The standard InChI is InChI=1S/C22H24Cl2N2O3S/c23-18-19-16(30-20(18)24)9-15(25-19)21(27)26-14-8-11-3-1-2-4-12(11)17(14)13(22(28)29)7-10-5-6-10/h1-4,10-15,17,25H,5-9H2,(H,26,27)(H,28,29)/t11?,12?,13?,14-,15?,17+/m1/s1. The fraction of sp³-hybridized carbons (Fsp3) is 0.545. The first-order valence-electron chi connectivity index (χ1n) is 10.5. The molecule has 0 spiro atoms. The number of fused-ring (bicyclic) bond motifs is 2. The van der Waals surface area contributed by atoms with E-state index in [1.165, 1.54) is 11.3 Å². The van der Waals surface area contributed by atoms with E-state index in [-0.39, 0.29) is 29.7 Å². The second-order valence-corrected chi connectivity index (χ2v) is 11.0. The van der Waals surface area contributed by atoms with Crippen molar-refractivity contribution >= 4 is 52.1 Å². The number of carbonyl (C=O) groups is 2. The topological polar surface area (TPSA) is 78.4 Å². The van der Waals surface area contributed by atoms with Gasteiger partial charge in [0.25, 0.3) is 0 Å². The van der Waals surface area contributed by atoms with Crippen LogP contribution >= 0.6 is 34.5 Å². The Morgan fingerprint density at radius 3 is 2.73 bits per heavy atom. The molecule has 0 aromatic carbocycles. The molecule has 1 amide bonds. The number of aliphatic carboxylic acids is 1. The van der Waals surface area contributed by atoms with Crippen LogP contribution < -0.4 is 10.6 Å². The van der Waals surface area contributed by atoms with E-state index in [1.807, 2.05) is 12.2 Å². The Balaban J connectivity index is 1.34. The maximum atomic E-state index is 13.1. The highest BCUT2D eigenvalue weighted by Crippen LogP contribution is 2.49. The van der Waals surface area contributed by atoms with Gasteiger partial charge in [0.05, 0.1) is 16.6 Å². The maximum absolute atomic E-state index is 13.1.